The number of rotatable bonds is 3. The minimum atomic E-state index is -3.69. The third-order valence-electron chi connectivity index (χ3n) is 3.82. The van der Waals surface area contributed by atoms with Crippen molar-refractivity contribution < 1.29 is 22.6 Å². The Kier molecular flexibility index (Phi) is 3.39. The van der Waals surface area contributed by atoms with Crippen molar-refractivity contribution in [2.45, 2.75) is 10.9 Å². The average molecular weight is 333 g/mol. The van der Waals surface area contributed by atoms with Gasteiger partial charge in [0.2, 0.25) is 10.0 Å². The summed E-state index contributed by atoms with van der Waals surface area (Å²) in [6.07, 6.45) is 0. The normalized spacial score (nSPS) is 19.0. The molecule has 0 fully saturated rings. The fraction of sp³-hybridized carbons (Fsp3) is 0.250. The molecule has 1 unspecified atom stereocenters. The second-order valence-corrected chi connectivity index (χ2v) is 7.04. The summed E-state index contributed by atoms with van der Waals surface area (Å²) in [7, 11) is -3.69. The van der Waals surface area contributed by atoms with E-state index in [4.69, 9.17) is 14.2 Å². The van der Waals surface area contributed by atoms with Crippen molar-refractivity contribution >= 4 is 10.0 Å². The fourth-order valence-corrected chi connectivity index (χ4v) is 3.92. The zero-order valence-corrected chi connectivity index (χ0v) is 13.0. The van der Waals surface area contributed by atoms with Crippen LogP contribution < -0.4 is 18.9 Å². The molecule has 2 heterocycles. The minimum Gasteiger partial charge on any atom is -0.491 e. The van der Waals surface area contributed by atoms with Crippen LogP contribution in [0.5, 0.6) is 17.2 Å². The molecule has 0 amide bonds. The third kappa shape index (κ3) is 2.62. The maximum absolute atomic E-state index is 12.6. The van der Waals surface area contributed by atoms with Crippen molar-refractivity contribution in [1.29, 1.82) is 0 Å². The van der Waals surface area contributed by atoms with Gasteiger partial charge < -0.3 is 14.2 Å². The van der Waals surface area contributed by atoms with Gasteiger partial charge in [-0.3, -0.25) is 0 Å². The predicted octanol–water partition coefficient (Wildman–Crippen LogP) is 1.87. The molecule has 1 atom stereocenters. The molecule has 0 saturated carbocycles. The van der Waals surface area contributed by atoms with E-state index < -0.39 is 16.1 Å². The second kappa shape index (κ2) is 5.43. The van der Waals surface area contributed by atoms with E-state index in [1.807, 2.05) is 24.3 Å². The smallest absolute Gasteiger partial charge is 0.241 e. The number of fused-ring (bicyclic) bond motifs is 2. The molecule has 0 bridgehead atoms. The molecule has 2 aliphatic rings. The van der Waals surface area contributed by atoms with Crippen LogP contribution in [-0.4, -0.2) is 28.2 Å². The Bertz CT molecular complexity index is 849. The summed E-state index contributed by atoms with van der Waals surface area (Å²) < 4.78 is 44.3. The number of nitrogens with one attached hydrogen (secondary N) is 1. The molecule has 2 aliphatic heterocycles. The van der Waals surface area contributed by atoms with Crippen molar-refractivity contribution in [2.75, 3.05) is 19.8 Å². The highest BCUT2D eigenvalue weighted by Gasteiger charge is 2.29. The Hall–Kier alpha value is -2.25. The zero-order chi connectivity index (χ0) is 15.9. The highest BCUT2D eigenvalue weighted by molar-refractivity contribution is 7.89. The van der Waals surface area contributed by atoms with Crippen molar-refractivity contribution in [3.63, 3.8) is 0 Å². The highest BCUT2D eigenvalue weighted by Crippen LogP contribution is 2.35. The molecule has 2 aromatic rings. The topological polar surface area (TPSA) is 73.9 Å². The maximum Gasteiger partial charge on any atom is 0.241 e. The van der Waals surface area contributed by atoms with Gasteiger partial charge >= 0.3 is 0 Å². The van der Waals surface area contributed by atoms with Gasteiger partial charge in [0.05, 0.1) is 10.9 Å². The molecule has 1 N–H and O–H groups in total. The molecule has 0 radical (unpaired) electrons. The van der Waals surface area contributed by atoms with E-state index in [0.29, 0.717) is 30.5 Å². The fourth-order valence-electron chi connectivity index (χ4n) is 2.71. The molecule has 6 nitrogen and oxygen atoms in total. The van der Waals surface area contributed by atoms with Crippen molar-refractivity contribution in [3.8, 4) is 17.2 Å². The monoisotopic (exact) mass is 333 g/mol. The van der Waals surface area contributed by atoms with Gasteiger partial charge in [0, 0.05) is 11.6 Å². The van der Waals surface area contributed by atoms with E-state index in [-0.39, 0.29) is 11.5 Å². The molecule has 0 saturated heterocycles. The minimum absolute atomic E-state index is 0.145. The van der Waals surface area contributed by atoms with Crippen LogP contribution in [0.4, 0.5) is 0 Å². The Labute approximate surface area is 134 Å². The van der Waals surface area contributed by atoms with Crippen LogP contribution in [0.15, 0.2) is 47.4 Å². The first kappa shape index (κ1) is 14.3. The van der Waals surface area contributed by atoms with Gasteiger partial charge in [-0.25, -0.2) is 13.1 Å². The van der Waals surface area contributed by atoms with Crippen LogP contribution in [-0.2, 0) is 10.0 Å². The van der Waals surface area contributed by atoms with E-state index in [2.05, 4.69) is 4.72 Å². The summed E-state index contributed by atoms with van der Waals surface area (Å²) in [4.78, 5) is 0.145. The van der Waals surface area contributed by atoms with Crippen LogP contribution in [0.25, 0.3) is 0 Å². The van der Waals surface area contributed by atoms with Gasteiger partial charge in [0.25, 0.3) is 0 Å². The van der Waals surface area contributed by atoms with Gasteiger partial charge in [-0.05, 0) is 18.2 Å². The van der Waals surface area contributed by atoms with Crippen LogP contribution in [0.1, 0.15) is 11.6 Å². The zero-order valence-electron chi connectivity index (χ0n) is 12.2. The first-order valence-corrected chi connectivity index (χ1v) is 8.75. The molecule has 120 valence electrons. The van der Waals surface area contributed by atoms with E-state index in [9.17, 15) is 8.42 Å². The Balaban J connectivity index is 1.62. The van der Waals surface area contributed by atoms with Crippen LogP contribution in [0.3, 0.4) is 0 Å². The molecule has 0 aromatic heterocycles. The molecule has 4 rings (SSSR count). The molecule has 0 aliphatic carbocycles. The lowest BCUT2D eigenvalue weighted by Gasteiger charge is -2.19. The lowest BCUT2D eigenvalue weighted by molar-refractivity contribution is 0.171. The number of ether oxygens (including phenoxy) is 3. The van der Waals surface area contributed by atoms with E-state index >= 15 is 0 Å². The molecular weight excluding hydrogens is 318 g/mol. The SMILES string of the molecule is O=S(=O)(NC1COc2ccccc21)c1ccc2c(c1)OCCO2. The van der Waals surface area contributed by atoms with Gasteiger partial charge in [-0.15, -0.1) is 0 Å². The quantitative estimate of drug-likeness (QED) is 0.928. The largest absolute Gasteiger partial charge is 0.491 e. The van der Waals surface area contributed by atoms with Gasteiger partial charge in [-0.2, -0.15) is 0 Å². The first-order valence-electron chi connectivity index (χ1n) is 7.27. The summed E-state index contributed by atoms with van der Waals surface area (Å²) in [5.74, 6) is 1.72. The average Bonchev–Trinajstić information content (AvgIpc) is 2.97. The summed E-state index contributed by atoms with van der Waals surface area (Å²) in [6.45, 7) is 1.16. The Morgan fingerprint density at radius 3 is 2.57 bits per heavy atom. The maximum atomic E-state index is 12.6. The molecule has 7 heteroatoms. The first-order chi connectivity index (χ1) is 11.1. The highest BCUT2D eigenvalue weighted by atomic mass is 32.2. The van der Waals surface area contributed by atoms with Gasteiger partial charge in [-0.1, -0.05) is 18.2 Å². The number of para-hydroxylation sites is 1. The molecule has 0 spiro atoms. The standard InChI is InChI=1S/C16H15NO5S/c18-23(19,11-5-6-15-16(9-11)21-8-7-20-15)17-13-10-22-14-4-2-1-3-12(13)14/h1-6,9,13,17H,7-8,10H2. The predicted molar refractivity (Wildman–Crippen MR) is 82.4 cm³/mol. The Morgan fingerprint density at radius 1 is 0.913 bits per heavy atom. The summed E-state index contributed by atoms with van der Waals surface area (Å²) >= 11 is 0. The van der Waals surface area contributed by atoms with E-state index in [1.165, 1.54) is 12.1 Å². The number of hydrogen-bond donors (Lipinski definition) is 1. The lowest BCUT2D eigenvalue weighted by Crippen LogP contribution is -2.29. The summed E-state index contributed by atoms with van der Waals surface area (Å²) in [5, 5.41) is 0. The van der Waals surface area contributed by atoms with Crippen molar-refractivity contribution in [3.05, 3.63) is 48.0 Å². The number of benzene rings is 2. The van der Waals surface area contributed by atoms with Crippen molar-refractivity contribution in [1.82, 2.24) is 4.72 Å². The molecule has 2 aromatic carbocycles. The summed E-state index contributed by atoms with van der Waals surface area (Å²) in [5.41, 5.74) is 0.841. The summed E-state index contributed by atoms with van der Waals surface area (Å²) in [6, 6.07) is 11.6. The number of sulfonamides is 1. The third-order valence-corrected chi connectivity index (χ3v) is 5.29. The van der Waals surface area contributed by atoms with Crippen LogP contribution >= 0.6 is 0 Å². The van der Waals surface area contributed by atoms with E-state index in [1.54, 1.807) is 6.07 Å². The van der Waals surface area contributed by atoms with Gasteiger partial charge in [0.1, 0.15) is 25.6 Å². The number of hydrogen-bond acceptors (Lipinski definition) is 5. The van der Waals surface area contributed by atoms with Crippen LogP contribution in [0, 0.1) is 0 Å². The molecule has 23 heavy (non-hydrogen) atoms. The van der Waals surface area contributed by atoms with Crippen molar-refractivity contribution in [2.24, 2.45) is 0 Å². The molecular formula is C16H15NO5S. The van der Waals surface area contributed by atoms with E-state index in [0.717, 1.165) is 5.56 Å². The second-order valence-electron chi connectivity index (χ2n) is 5.33. The Morgan fingerprint density at radius 2 is 1.70 bits per heavy atom. The lowest BCUT2D eigenvalue weighted by atomic mass is 10.1. The van der Waals surface area contributed by atoms with Crippen LogP contribution in [0.2, 0.25) is 0 Å². The van der Waals surface area contributed by atoms with Gasteiger partial charge in [0.15, 0.2) is 11.5 Å².